The molecule has 3 nitrogen and oxygen atoms in total. The van der Waals surface area contributed by atoms with Crippen molar-refractivity contribution >= 4 is 0 Å². The van der Waals surface area contributed by atoms with Gasteiger partial charge in [-0.3, -0.25) is 0 Å². The molecule has 1 heterocycles. The molecule has 0 aromatic carbocycles. The van der Waals surface area contributed by atoms with E-state index in [1.807, 2.05) is 6.07 Å². The van der Waals surface area contributed by atoms with E-state index < -0.39 is 6.10 Å². The third-order valence-corrected chi connectivity index (χ3v) is 1.17. The van der Waals surface area contributed by atoms with Crippen LogP contribution in [0.3, 0.4) is 0 Å². The fourth-order valence-corrected chi connectivity index (χ4v) is 0.682. The highest BCUT2D eigenvalue weighted by atomic mass is 16.5. The number of hydrogen-bond donors (Lipinski definition) is 0. The van der Waals surface area contributed by atoms with Gasteiger partial charge in [-0.15, -0.1) is 0 Å². The van der Waals surface area contributed by atoms with E-state index in [2.05, 4.69) is 0 Å². The Kier molecular flexibility index (Phi) is 1.96. The highest BCUT2D eigenvalue weighted by Gasteiger charge is 2.15. The van der Waals surface area contributed by atoms with Gasteiger partial charge in [-0.25, -0.2) is 0 Å². The van der Waals surface area contributed by atoms with Gasteiger partial charge in [-0.1, -0.05) is 0 Å². The van der Waals surface area contributed by atoms with Gasteiger partial charge in [0.25, 0.3) is 0 Å². The fraction of sp³-hybridized carbons (Fsp3) is 0.286. The van der Waals surface area contributed by atoms with Crippen molar-refractivity contribution in [2.24, 2.45) is 0 Å². The highest BCUT2D eigenvalue weighted by molar-refractivity contribution is 5.19. The Morgan fingerprint density at radius 1 is 1.80 bits per heavy atom. The van der Waals surface area contributed by atoms with Gasteiger partial charge in [0.2, 0.25) is 6.10 Å². The maximum absolute atomic E-state index is 8.46. The van der Waals surface area contributed by atoms with Gasteiger partial charge in [0, 0.05) is 0 Å². The Morgan fingerprint density at radius 3 is 3.10 bits per heavy atom. The van der Waals surface area contributed by atoms with E-state index >= 15 is 0 Å². The minimum atomic E-state index is -0.574. The lowest BCUT2D eigenvalue weighted by atomic mass is 10.2. The predicted molar refractivity (Wildman–Crippen MR) is 34.7 cm³/mol. The van der Waals surface area contributed by atoms with E-state index in [1.165, 1.54) is 13.4 Å². The van der Waals surface area contributed by atoms with Crippen LogP contribution in [0, 0.1) is 11.3 Å². The van der Waals surface area contributed by atoms with Crippen molar-refractivity contribution in [2.75, 3.05) is 7.11 Å². The molecule has 0 saturated carbocycles. The van der Waals surface area contributed by atoms with Gasteiger partial charge in [0.05, 0.1) is 13.4 Å². The van der Waals surface area contributed by atoms with Crippen molar-refractivity contribution in [3.05, 3.63) is 24.2 Å². The average Bonchev–Trinajstić information content (AvgIpc) is 2.04. The van der Waals surface area contributed by atoms with Crippen LogP contribution in [-0.4, -0.2) is 13.2 Å². The number of ether oxygens (including phenoxy) is 2. The summed E-state index contributed by atoms with van der Waals surface area (Å²) in [7, 11) is 1.51. The average molecular weight is 137 g/mol. The Labute approximate surface area is 59.2 Å². The molecule has 0 fully saturated rings. The molecule has 1 aliphatic rings. The maximum atomic E-state index is 8.46. The lowest BCUT2D eigenvalue weighted by Crippen LogP contribution is -2.13. The maximum Gasteiger partial charge on any atom is 0.239 e. The van der Waals surface area contributed by atoms with Crippen LogP contribution in [-0.2, 0) is 9.47 Å². The summed E-state index contributed by atoms with van der Waals surface area (Å²) in [4.78, 5) is 0. The quantitative estimate of drug-likeness (QED) is 0.540. The van der Waals surface area contributed by atoms with Gasteiger partial charge < -0.3 is 9.47 Å². The minimum absolute atomic E-state index is 0.546. The largest absolute Gasteiger partial charge is 0.496 e. The predicted octanol–water partition coefficient (Wildman–Crippen LogP) is 0.953. The third kappa shape index (κ3) is 1.11. The van der Waals surface area contributed by atoms with Crippen molar-refractivity contribution in [1.82, 2.24) is 0 Å². The molecule has 0 bridgehead atoms. The van der Waals surface area contributed by atoms with Crippen molar-refractivity contribution in [2.45, 2.75) is 6.10 Å². The molecule has 1 unspecified atom stereocenters. The first-order chi connectivity index (χ1) is 4.88. The summed E-state index contributed by atoms with van der Waals surface area (Å²) in [6, 6.07) is 1.94. The molecule has 0 radical (unpaired) electrons. The first-order valence-electron chi connectivity index (χ1n) is 2.84. The van der Waals surface area contributed by atoms with Crippen LogP contribution < -0.4 is 0 Å². The van der Waals surface area contributed by atoms with Crippen molar-refractivity contribution < 1.29 is 9.47 Å². The molecule has 0 N–H and O–H groups in total. The molecule has 1 atom stereocenters. The topological polar surface area (TPSA) is 42.2 Å². The van der Waals surface area contributed by atoms with Crippen LogP contribution in [0.25, 0.3) is 0 Å². The fourth-order valence-electron chi connectivity index (χ4n) is 0.682. The van der Waals surface area contributed by atoms with Crippen LogP contribution in [0.5, 0.6) is 0 Å². The lowest BCUT2D eigenvalue weighted by Gasteiger charge is -2.13. The molecule has 0 aliphatic carbocycles. The summed E-state index contributed by atoms with van der Waals surface area (Å²) >= 11 is 0. The van der Waals surface area contributed by atoms with Crippen LogP contribution in [0.15, 0.2) is 24.2 Å². The first kappa shape index (κ1) is 6.69. The summed E-state index contributed by atoms with van der Waals surface area (Å²) < 4.78 is 9.75. The van der Waals surface area contributed by atoms with E-state index in [-0.39, 0.29) is 0 Å². The molecular formula is C7H7NO2. The van der Waals surface area contributed by atoms with Crippen LogP contribution in [0.4, 0.5) is 0 Å². The molecule has 3 heteroatoms. The standard InChI is InChI=1S/C7H7NO2/c1-9-6-3-2-4-10-7(6)5-8/h2-4,7H,1H3. The Balaban J connectivity index is 2.73. The van der Waals surface area contributed by atoms with E-state index in [1.54, 1.807) is 12.2 Å². The second-order valence-electron chi connectivity index (χ2n) is 1.75. The van der Waals surface area contributed by atoms with Gasteiger partial charge in [-0.2, -0.15) is 5.26 Å². The van der Waals surface area contributed by atoms with Crippen molar-refractivity contribution in [1.29, 1.82) is 5.26 Å². The van der Waals surface area contributed by atoms with Gasteiger partial charge in [0.1, 0.15) is 6.07 Å². The van der Waals surface area contributed by atoms with E-state index in [9.17, 15) is 0 Å². The number of allylic oxidation sites excluding steroid dienone is 2. The minimum Gasteiger partial charge on any atom is -0.496 e. The molecule has 1 rings (SSSR count). The Hall–Kier alpha value is -1.43. The molecule has 1 aliphatic heterocycles. The SMILES string of the molecule is COC1=CC=COC1C#N. The normalized spacial score (nSPS) is 22.4. The Morgan fingerprint density at radius 2 is 2.60 bits per heavy atom. The molecule has 52 valence electrons. The van der Waals surface area contributed by atoms with Crippen LogP contribution in [0.1, 0.15) is 0 Å². The molecule has 0 aromatic rings. The molecule has 0 saturated heterocycles. The summed E-state index contributed by atoms with van der Waals surface area (Å²) in [5.41, 5.74) is 0. The van der Waals surface area contributed by atoms with Gasteiger partial charge in [0.15, 0.2) is 5.76 Å². The summed E-state index contributed by atoms with van der Waals surface area (Å²) in [5.74, 6) is 0.546. The third-order valence-electron chi connectivity index (χ3n) is 1.17. The zero-order valence-electron chi connectivity index (χ0n) is 5.57. The zero-order valence-corrected chi connectivity index (χ0v) is 5.57. The molecular weight excluding hydrogens is 130 g/mol. The number of hydrogen-bond acceptors (Lipinski definition) is 3. The number of rotatable bonds is 1. The second-order valence-corrected chi connectivity index (χ2v) is 1.75. The zero-order chi connectivity index (χ0) is 7.40. The van der Waals surface area contributed by atoms with E-state index in [0.717, 1.165) is 0 Å². The number of nitriles is 1. The summed E-state index contributed by atoms with van der Waals surface area (Å²) in [6.07, 6.45) is 4.29. The van der Waals surface area contributed by atoms with Crippen LogP contribution in [0.2, 0.25) is 0 Å². The Bertz CT molecular complexity index is 212. The number of nitrogens with zero attached hydrogens (tertiary/aromatic N) is 1. The molecule has 0 aromatic heterocycles. The molecule has 10 heavy (non-hydrogen) atoms. The molecule has 0 spiro atoms. The van der Waals surface area contributed by atoms with Crippen LogP contribution >= 0.6 is 0 Å². The second kappa shape index (κ2) is 2.92. The van der Waals surface area contributed by atoms with E-state index in [0.29, 0.717) is 5.76 Å². The van der Waals surface area contributed by atoms with Gasteiger partial charge >= 0.3 is 0 Å². The summed E-state index contributed by atoms with van der Waals surface area (Å²) in [6.45, 7) is 0. The lowest BCUT2D eigenvalue weighted by molar-refractivity contribution is 0.140. The summed E-state index contributed by atoms with van der Waals surface area (Å²) in [5, 5.41) is 8.46. The smallest absolute Gasteiger partial charge is 0.239 e. The first-order valence-corrected chi connectivity index (χ1v) is 2.84. The molecule has 0 amide bonds. The highest BCUT2D eigenvalue weighted by Crippen LogP contribution is 2.11. The monoisotopic (exact) mass is 137 g/mol. The van der Waals surface area contributed by atoms with Crippen molar-refractivity contribution in [3.63, 3.8) is 0 Å². The van der Waals surface area contributed by atoms with Crippen molar-refractivity contribution in [3.8, 4) is 6.07 Å². The van der Waals surface area contributed by atoms with E-state index in [4.69, 9.17) is 14.7 Å². The number of methoxy groups -OCH3 is 1. The van der Waals surface area contributed by atoms with Gasteiger partial charge in [-0.05, 0) is 12.2 Å².